The van der Waals surface area contributed by atoms with Crippen molar-refractivity contribution in [1.29, 1.82) is 0 Å². The number of rotatable bonds is 5. The van der Waals surface area contributed by atoms with E-state index < -0.39 is 0 Å². The SMILES string of the molecule is CCOC(=O)CCSc1ccnc(C#Cc2ccncc2)c1Cl. The van der Waals surface area contributed by atoms with Crippen molar-refractivity contribution >= 4 is 29.3 Å². The van der Waals surface area contributed by atoms with Crippen molar-refractivity contribution in [2.24, 2.45) is 0 Å². The van der Waals surface area contributed by atoms with Gasteiger partial charge in [0.15, 0.2) is 0 Å². The maximum absolute atomic E-state index is 11.3. The Hall–Kier alpha value is -2.03. The first kappa shape index (κ1) is 17.3. The average Bonchev–Trinajstić information content (AvgIpc) is 2.56. The van der Waals surface area contributed by atoms with Crippen LogP contribution < -0.4 is 0 Å². The van der Waals surface area contributed by atoms with Crippen LogP contribution in [0.25, 0.3) is 0 Å². The van der Waals surface area contributed by atoms with Gasteiger partial charge < -0.3 is 4.74 Å². The van der Waals surface area contributed by atoms with E-state index in [-0.39, 0.29) is 5.97 Å². The lowest BCUT2D eigenvalue weighted by Crippen LogP contribution is -2.04. The molecule has 0 saturated heterocycles. The van der Waals surface area contributed by atoms with E-state index in [0.29, 0.717) is 29.5 Å². The van der Waals surface area contributed by atoms with E-state index in [9.17, 15) is 4.79 Å². The number of nitrogens with zero attached hydrogens (tertiary/aromatic N) is 2. The van der Waals surface area contributed by atoms with E-state index in [1.807, 2.05) is 18.2 Å². The summed E-state index contributed by atoms with van der Waals surface area (Å²) >= 11 is 7.82. The van der Waals surface area contributed by atoms with Gasteiger partial charge in [-0.2, -0.15) is 0 Å². The topological polar surface area (TPSA) is 52.1 Å². The zero-order valence-electron chi connectivity index (χ0n) is 12.6. The van der Waals surface area contributed by atoms with Gasteiger partial charge in [0.25, 0.3) is 0 Å². The summed E-state index contributed by atoms with van der Waals surface area (Å²) in [5.41, 5.74) is 1.36. The van der Waals surface area contributed by atoms with E-state index in [1.165, 1.54) is 11.8 Å². The van der Waals surface area contributed by atoms with Crippen LogP contribution in [0.4, 0.5) is 0 Å². The highest BCUT2D eigenvalue weighted by molar-refractivity contribution is 7.99. The summed E-state index contributed by atoms with van der Waals surface area (Å²) in [4.78, 5) is 20.3. The van der Waals surface area contributed by atoms with Crippen molar-refractivity contribution in [2.75, 3.05) is 12.4 Å². The van der Waals surface area contributed by atoms with Crippen LogP contribution in [0.5, 0.6) is 0 Å². The van der Waals surface area contributed by atoms with Gasteiger partial charge in [-0.1, -0.05) is 17.5 Å². The normalized spacial score (nSPS) is 9.83. The largest absolute Gasteiger partial charge is 0.466 e. The molecule has 23 heavy (non-hydrogen) atoms. The predicted molar refractivity (Wildman–Crippen MR) is 91.4 cm³/mol. The molecule has 0 N–H and O–H groups in total. The summed E-state index contributed by atoms with van der Waals surface area (Å²) in [6.45, 7) is 2.19. The lowest BCUT2D eigenvalue weighted by molar-refractivity contribution is -0.142. The minimum absolute atomic E-state index is 0.206. The number of ether oxygens (including phenoxy) is 1. The molecule has 0 aromatic carbocycles. The van der Waals surface area contributed by atoms with Gasteiger partial charge >= 0.3 is 5.97 Å². The fourth-order valence-corrected chi connectivity index (χ4v) is 2.86. The minimum atomic E-state index is -0.206. The number of pyridine rings is 2. The zero-order valence-corrected chi connectivity index (χ0v) is 14.2. The van der Waals surface area contributed by atoms with Gasteiger partial charge in [0.05, 0.1) is 18.1 Å². The molecule has 0 aliphatic heterocycles. The molecular formula is C17H15ClN2O2S. The van der Waals surface area contributed by atoms with Gasteiger partial charge in [0, 0.05) is 34.8 Å². The Morgan fingerprint density at radius 2 is 2.04 bits per heavy atom. The van der Waals surface area contributed by atoms with Crippen LogP contribution in [-0.2, 0) is 9.53 Å². The van der Waals surface area contributed by atoms with Gasteiger partial charge in [0.1, 0.15) is 5.69 Å². The predicted octanol–water partition coefficient (Wildman–Crippen LogP) is 3.58. The van der Waals surface area contributed by atoms with Crippen molar-refractivity contribution in [3.8, 4) is 11.8 Å². The van der Waals surface area contributed by atoms with Crippen LogP contribution in [0.15, 0.2) is 41.7 Å². The van der Waals surface area contributed by atoms with Crippen molar-refractivity contribution in [3.63, 3.8) is 0 Å². The lowest BCUT2D eigenvalue weighted by atomic mass is 10.2. The van der Waals surface area contributed by atoms with E-state index in [4.69, 9.17) is 16.3 Å². The fourth-order valence-electron chi connectivity index (χ4n) is 1.67. The molecule has 2 aromatic heterocycles. The number of carbonyl (C=O) groups is 1. The molecular weight excluding hydrogens is 332 g/mol. The summed E-state index contributed by atoms with van der Waals surface area (Å²) < 4.78 is 4.90. The molecule has 0 fully saturated rings. The first-order chi connectivity index (χ1) is 11.2. The standard InChI is InChI=1S/C17H15ClN2O2S/c1-2-22-16(21)8-12-23-15-7-11-20-14(17(15)18)4-3-13-5-9-19-10-6-13/h5-7,9-11H,2,8,12H2,1H3. The van der Waals surface area contributed by atoms with Gasteiger partial charge in [-0.05, 0) is 31.0 Å². The highest BCUT2D eigenvalue weighted by Crippen LogP contribution is 2.29. The van der Waals surface area contributed by atoms with Gasteiger partial charge in [-0.25, -0.2) is 4.98 Å². The van der Waals surface area contributed by atoms with Crippen LogP contribution >= 0.6 is 23.4 Å². The Bertz CT molecular complexity index is 726. The molecule has 0 atom stereocenters. The Balaban J connectivity index is 2.04. The number of aromatic nitrogens is 2. The summed E-state index contributed by atoms with van der Waals surface area (Å²) in [6.07, 6.45) is 5.37. The number of hydrogen-bond donors (Lipinski definition) is 0. The molecule has 2 rings (SSSR count). The second kappa shape index (κ2) is 9.19. The molecule has 0 saturated carbocycles. The number of esters is 1. The van der Waals surface area contributed by atoms with Gasteiger partial charge in [-0.3, -0.25) is 9.78 Å². The zero-order chi connectivity index (χ0) is 16.5. The second-order valence-electron chi connectivity index (χ2n) is 4.36. The molecule has 2 aromatic rings. The van der Waals surface area contributed by atoms with Crippen molar-refractivity contribution in [3.05, 3.63) is 53.1 Å². The first-order valence-electron chi connectivity index (χ1n) is 7.05. The molecule has 0 spiro atoms. The van der Waals surface area contributed by atoms with Crippen molar-refractivity contribution in [1.82, 2.24) is 9.97 Å². The van der Waals surface area contributed by atoms with Crippen LogP contribution in [0.1, 0.15) is 24.6 Å². The third kappa shape index (κ3) is 5.59. The molecule has 0 bridgehead atoms. The summed E-state index contributed by atoms with van der Waals surface area (Å²) in [5, 5.41) is 0.503. The molecule has 0 aliphatic carbocycles. The number of halogens is 1. The Morgan fingerprint density at radius 3 is 2.78 bits per heavy atom. The molecule has 6 heteroatoms. The van der Waals surface area contributed by atoms with Gasteiger partial charge in [0.2, 0.25) is 0 Å². The highest BCUT2D eigenvalue weighted by atomic mass is 35.5. The van der Waals surface area contributed by atoms with Crippen LogP contribution in [0.3, 0.4) is 0 Å². The number of thioether (sulfide) groups is 1. The van der Waals surface area contributed by atoms with Gasteiger partial charge in [-0.15, -0.1) is 11.8 Å². The maximum atomic E-state index is 11.3. The van der Waals surface area contributed by atoms with Crippen molar-refractivity contribution in [2.45, 2.75) is 18.2 Å². The van der Waals surface area contributed by atoms with E-state index in [2.05, 4.69) is 21.8 Å². The molecule has 0 unspecified atom stereocenters. The summed E-state index contributed by atoms with van der Waals surface area (Å²) in [5.74, 6) is 6.35. The Morgan fingerprint density at radius 1 is 1.26 bits per heavy atom. The minimum Gasteiger partial charge on any atom is -0.466 e. The molecule has 2 heterocycles. The van der Waals surface area contributed by atoms with E-state index in [1.54, 1.807) is 25.5 Å². The molecule has 0 amide bonds. The van der Waals surface area contributed by atoms with E-state index in [0.717, 1.165) is 10.5 Å². The first-order valence-corrected chi connectivity index (χ1v) is 8.42. The van der Waals surface area contributed by atoms with Crippen molar-refractivity contribution < 1.29 is 9.53 Å². The summed E-state index contributed by atoms with van der Waals surface area (Å²) in [7, 11) is 0. The Kier molecular flexibility index (Phi) is 6.92. The fraction of sp³-hybridized carbons (Fsp3) is 0.235. The molecule has 0 radical (unpaired) electrons. The van der Waals surface area contributed by atoms with E-state index >= 15 is 0 Å². The molecule has 118 valence electrons. The number of carbonyl (C=O) groups excluding carboxylic acids is 1. The molecule has 0 aliphatic rings. The average molecular weight is 347 g/mol. The van der Waals surface area contributed by atoms with Crippen LogP contribution in [-0.4, -0.2) is 28.3 Å². The third-order valence-electron chi connectivity index (χ3n) is 2.73. The van der Waals surface area contributed by atoms with Crippen LogP contribution in [0, 0.1) is 11.8 Å². The lowest BCUT2D eigenvalue weighted by Gasteiger charge is -2.05. The smallest absolute Gasteiger partial charge is 0.306 e. The van der Waals surface area contributed by atoms with Crippen LogP contribution in [0.2, 0.25) is 5.02 Å². The Labute approximate surface area is 144 Å². The molecule has 4 nitrogen and oxygen atoms in total. The maximum Gasteiger partial charge on any atom is 0.306 e. The second-order valence-corrected chi connectivity index (χ2v) is 5.88. The summed E-state index contributed by atoms with van der Waals surface area (Å²) in [6, 6.07) is 5.45. The highest BCUT2D eigenvalue weighted by Gasteiger charge is 2.08. The number of hydrogen-bond acceptors (Lipinski definition) is 5. The third-order valence-corrected chi connectivity index (χ3v) is 4.28. The monoisotopic (exact) mass is 346 g/mol. The quantitative estimate of drug-likeness (QED) is 0.470.